The first kappa shape index (κ1) is 13.0. The van der Waals surface area contributed by atoms with Crippen LogP contribution in [0.1, 0.15) is 32.3 Å². The maximum atomic E-state index is 4.43. The molecule has 0 fully saturated rings. The van der Waals surface area contributed by atoms with Crippen LogP contribution in [-0.2, 0) is 0 Å². The smallest absolute Gasteiger partial charge is 0.0704 e. The SMILES string of the molecule is CCNCC(C)C(C)c1cccc2ncccc12. The molecule has 2 heteroatoms. The van der Waals surface area contributed by atoms with E-state index in [1.54, 1.807) is 0 Å². The minimum Gasteiger partial charge on any atom is -0.317 e. The number of rotatable bonds is 5. The zero-order chi connectivity index (χ0) is 13.0. The van der Waals surface area contributed by atoms with Crippen molar-refractivity contribution in [2.75, 3.05) is 13.1 Å². The largest absolute Gasteiger partial charge is 0.317 e. The average molecular weight is 242 g/mol. The van der Waals surface area contributed by atoms with Crippen molar-refractivity contribution in [1.29, 1.82) is 0 Å². The van der Waals surface area contributed by atoms with E-state index in [4.69, 9.17) is 0 Å². The molecule has 0 aliphatic heterocycles. The summed E-state index contributed by atoms with van der Waals surface area (Å²) < 4.78 is 0. The third-order valence-electron chi connectivity index (χ3n) is 3.74. The number of benzene rings is 1. The monoisotopic (exact) mass is 242 g/mol. The highest BCUT2D eigenvalue weighted by molar-refractivity contribution is 5.82. The summed E-state index contributed by atoms with van der Waals surface area (Å²) in [7, 11) is 0. The van der Waals surface area contributed by atoms with Crippen LogP contribution in [0, 0.1) is 5.92 Å². The molecule has 1 heterocycles. The molecule has 2 nitrogen and oxygen atoms in total. The van der Waals surface area contributed by atoms with Crippen LogP contribution in [0.4, 0.5) is 0 Å². The molecule has 0 aliphatic rings. The van der Waals surface area contributed by atoms with Gasteiger partial charge in [-0.25, -0.2) is 0 Å². The van der Waals surface area contributed by atoms with E-state index in [1.165, 1.54) is 10.9 Å². The topological polar surface area (TPSA) is 24.9 Å². The molecule has 0 spiro atoms. The second-order valence-electron chi connectivity index (χ2n) is 4.99. The maximum absolute atomic E-state index is 4.43. The zero-order valence-corrected chi connectivity index (χ0v) is 11.5. The van der Waals surface area contributed by atoms with Crippen molar-refractivity contribution in [3.05, 3.63) is 42.1 Å². The summed E-state index contributed by atoms with van der Waals surface area (Å²) in [6, 6.07) is 10.6. The summed E-state index contributed by atoms with van der Waals surface area (Å²) in [6.45, 7) is 8.87. The van der Waals surface area contributed by atoms with Crippen LogP contribution in [0.2, 0.25) is 0 Å². The minimum absolute atomic E-state index is 0.539. The first-order chi connectivity index (χ1) is 8.74. The highest BCUT2D eigenvalue weighted by atomic mass is 14.8. The lowest BCUT2D eigenvalue weighted by Crippen LogP contribution is -2.24. The predicted molar refractivity (Wildman–Crippen MR) is 77.9 cm³/mol. The number of fused-ring (bicyclic) bond motifs is 1. The van der Waals surface area contributed by atoms with Gasteiger partial charge in [-0.15, -0.1) is 0 Å². The van der Waals surface area contributed by atoms with Gasteiger partial charge in [0.1, 0.15) is 0 Å². The van der Waals surface area contributed by atoms with Crippen molar-refractivity contribution in [3.8, 4) is 0 Å². The van der Waals surface area contributed by atoms with Crippen molar-refractivity contribution >= 4 is 10.9 Å². The third-order valence-corrected chi connectivity index (χ3v) is 3.74. The Hall–Kier alpha value is -1.41. The zero-order valence-electron chi connectivity index (χ0n) is 11.5. The van der Waals surface area contributed by atoms with Crippen molar-refractivity contribution in [1.82, 2.24) is 10.3 Å². The first-order valence-corrected chi connectivity index (χ1v) is 6.78. The molecule has 0 saturated carbocycles. The van der Waals surface area contributed by atoms with Crippen molar-refractivity contribution in [3.63, 3.8) is 0 Å². The Morgan fingerprint density at radius 1 is 1.17 bits per heavy atom. The fourth-order valence-corrected chi connectivity index (χ4v) is 2.38. The molecule has 2 unspecified atom stereocenters. The summed E-state index contributed by atoms with van der Waals surface area (Å²) in [6.07, 6.45) is 1.86. The second-order valence-corrected chi connectivity index (χ2v) is 4.99. The summed E-state index contributed by atoms with van der Waals surface area (Å²) in [4.78, 5) is 4.43. The van der Waals surface area contributed by atoms with Crippen LogP contribution in [0.5, 0.6) is 0 Å². The molecule has 2 rings (SSSR count). The van der Waals surface area contributed by atoms with Crippen LogP contribution >= 0.6 is 0 Å². The van der Waals surface area contributed by atoms with Gasteiger partial charge in [0.2, 0.25) is 0 Å². The van der Waals surface area contributed by atoms with Gasteiger partial charge in [-0.05, 0) is 42.6 Å². The Bertz CT molecular complexity index is 502. The van der Waals surface area contributed by atoms with Gasteiger partial charge in [-0.3, -0.25) is 4.98 Å². The minimum atomic E-state index is 0.539. The fourth-order valence-electron chi connectivity index (χ4n) is 2.38. The second kappa shape index (κ2) is 5.96. The molecule has 2 atom stereocenters. The lowest BCUT2D eigenvalue weighted by molar-refractivity contribution is 0.456. The van der Waals surface area contributed by atoms with Gasteiger partial charge in [-0.1, -0.05) is 39.0 Å². The van der Waals surface area contributed by atoms with Crippen molar-refractivity contribution in [2.24, 2.45) is 5.92 Å². The number of nitrogens with one attached hydrogen (secondary N) is 1. The normalized spacial score (nSPS) is 14.6. The lowest BCUT2D eigenvalue weighted by atomic mass is 9.86. The summed E-state index contributed by atoms with van der Waals surface area (Å²) in [5.41, 5.74) is 2.50. The molecule has 18 heavy (non-hydrogen) atoms. The van der Waals surface area contributed by atoms with Gasteiger partial charge >= 0.3 is 0 Å². The Morgan fingerprint density at radius 3 is 2.78 bits per heavy atom. The Balaban J connectivity index is 2.29. The van der Waals surface area contributed by atoms with Crippen LogP contribution < -0.4 is 5.32 Å². The highest BCUT2D eigenvalue weighted by Crippen LogP contribution is 2.29. The molecule has 0 bridgehead atoms. The van der Waals surface area contributed by atoms with Crippen molar-refractivity contribution in [2.45, 2.75) is 26.7 Å². The number of hydrogen-bond acceptors (Lipinski definition) is 2. The number of nitrogens with zero attached hydrogens (tertiary/aromatic N) is 1. The van der Waals surface area contributed by atoms with E-state index in [-0.39, 0.29) is 0 Å². The van der Waals surface area contributed by atoms with E-state index in [2.05, 4.69) is 55.3 Å². The van der Waals surface area contributed by atoms with Gasteiger partial charge in [0.15, 0.2) is 0 Å². The van der Waals surface area contributed by atoms with Gasteiger partial charge in [-0.2, -0.15) is 0 Å². The molecule has 96 valence electrons. The van der Waals surface area contributed by atoms with Crippen LogP contribution in [0.25, 0.3) is 10.9 Å². The number of pyridine rings is 1. The Kier molecular flexibility index (Phi) is 4.32. The van der Waals surface area contributed by atoms with Gasteiger partial charge in [0.05, 0.1) is 5.52 Å². The summed E-state index contributed by atoms with van der Waals surface area (Å²) in [5, 5.41) is 4.72. The highest BCUT2D eigenvalue weighted by Gasteiger charge is 2.16. The molecule has 1 aromatic heterocycles. The van der Waals surface area contributed by atoms with Crippen LogP contribution in [0.15, 0.2) is 36.5 Å². The predicted octanol–water partition coefficient (Wildman–Crippen LogP) is 3.58. The number of hydrogen-bond donors (Lipinski definition) is 1. The van der Waals surface area contributed by atoms with Crippen LogP contribution in [0.3, 0.4) is 0 Å². The molecule has 2 aromatic rings. The van der Waals surface area contributed by atoms with Gasteiger partial charge in [0, 0.05) is 11.6 Å². The molecule has 0 aliphatic carbocycles. The van der Waals surface area contributed by atoms with Gasteiger partial charge in [0.25, 0.3) is 0 Å². The molecule has 0 radical (unpaired) electrons. The first-order valence-electron chi connectivity index (χ1n) is 6.78. The summed E-state index contributed by atoms with van der Waals surface area (Å²) in [5.74, 6) is 1.16. The molecule has 1 aromatic carbocycles. The van der Waals surface area contributed by atoms with Crippen molar-refractivity contribution < 1.29 is 0 Å². The average Bonchev–Trinajstić information content (AvgIpc) is 2.43. The molecular weight excluding hydrogens is 220 g/mol. The maximum Gasteiger partial charge on any atom is 0.0704 e. The molecule has 0 amide bonds. The fraction of sp³-hybridized carbons (Fsp3) is 0.438. The Labute approximate surface area is 109 Å². The van der Waals surface area contributed by atoms with Gasteiger partial charge < -0.3 is 5.32 Å². The standard InChI is InChI=1S/C16H22N2/c1-4-17-11-12(2)13(3)14-7-5-9-16-15(14)8-6-10-18-16/h5-10,12-13,17H,4,11H2,1-3H3. The van der Waals surface area contributed by atoms with E-state index < -0.39 is 0 Å². The lowest BCUT2D eigenvalue weighted by Gasteiger charge is -2.22. The molecule has 0 saturated heterocycles. The van der Waals surface area contributed by atoms with E-state index >= 15 is 0 Å². The third kappa shape index (κ3) is 2.70. The summed E-state index contributed by atoms with van der Waals surface area (Å²) >= 11 is 0. The van der Waals surface area contributed by atoms with E-state index in [1.807, 2.05) is 12.3 Å². The molecular formula is C16H22N2. The molecule has 1 N–H and O–H groups in total. The number of aromatic nitrogens is 1. The van der Waals surface area contributed by atoms with E-state index in [9.17, 15) is 0 Å². The van der Waals surface area contributed by atoms with E-state index in [0.717, 1.165) is 18.6 Å². The van der Waals surface area contributed by atoms with Crippen LogP contribution in [-0.4, -0.2) is 18.1 Å². The van der Waals surface area contributed by atoms with E-state index in [0.29, 0.717) is 11.8 Å². The quantitative estimate of drug-likeness (QED) is 0.866. The Morgan fingerprint density at radius 2 is 2.00 bits per heavy atom.